The molecule has 0 bridgehead atoms. The van der Waals surface area contributed by atoms with Gasteiger partial charge in [-0.1, -0.05) is 18.2 Å². The van der Waals surface area contributed by atoms with Crippen molar-refractivity contribution in [1.29, 1.82) is 0 Å². The van der Waals surface area contributed by atoms with Crippen LogP contribution in [0.15, 0.2) is 65.1 Å². The summed E-state index contributed by atoms with van der Waals surface area (Å²) < 4.78 is 33.3. The van der Waals surface area contributed by atoms with Crippen LogP contribution in [-0.2, 0) is 11.2 Å². The number of oxazole rings is 1. The molecular weight excluding hydrogens is 471 g/mol. The van der Waals surface area contributed by atoms with Crippen molar-refractivity contribution in [3.05, 3.63) is 83.4 Å². The van der Waals surface area contributed by atoms with E-state index in [4.69, 9.17) is 4.42 Å². The number of aromatic nitrogens is 1. The van der Waals surface area contributed by atoms with E-state index in [1.54, 1.807) is 6.07 Å². The maximum atomic E-state index is 14.6. The van der Waals surface area contributed by atoms with Gasteiger partial charge in [0.25, 0.3) is 0 Å². The second kappa shape index (κ2) is 11.2. The fourth-order valence-corrected chi connectivity index (χ4v) is 3.28. The second-order valence-corrected chi connectivity index (χ2v) is 7.49. The van der Waals surface area contributed by atoms with Crippen LogP contribution >= 0.6 is 0 Å². The Hall–Kier alpha value is -2.63. The molecular formula is C24H18F2KN3O4. The number of nitrogens with one attached hydrogen (secondary N) is 2. The Kier molecular flexibility index (Phi) is 8.55. The predicted octanol–water partition coefficient (Wildman–Crippen LogP) is 0.568. The Bertz CT molecular complexity index is 1340. The van der Waals surface area contributed by atoms with Crippen LogP contribution < -0.4 is 67.1 Å². The number of benzene rings is 3. The standard InChI is InChI=1S/C24H19F2N3O4.K/c1-13-2-9-21-19(10-13)27-22(33-21)15-5-8-18(17(26)12-15)28-24(32)29-20(23(30)31)11-14-3-6-16(25)7-4-14;/h2-10,12,20H,11H2,1H3,(H,30,31)(H2,28,29,32);/q;+1/p-1/t20-;/m1./s1. The summed E-state index contributed by atoms with van der Waals surface area (Å²) >= 11 is 0. The maximum Gasteiger partial charge on any atom is 1.00 e. The van der Waals surface area contributed by atoms with Crippen LogP contribution in [0.25, 0.3) is 22.6 Å². The van der Waals surface area contributed by atoms with Crippen molar-refractivity contribution in [2.45, 2.75) is 19.4 Å². The zero-order valence-electron chi connectivity index (χ0n) is 18.4. The molecule has 4 rings (SSSR count). The minimum Gasteiger partial charge on any atom is -0.548 e. The first-order chi connectivity index (χ1) is 15.8. The third-order valence-corrected chi connectivity index (χ3v) is 4.95. The number of carbonyl (C=O) groups excluding carboxylic acids is 2. The molecule has 0 aliphatic rings. The number of aliphatic carboxylic acids is 1. The third-order valence-electron chi connectivity index (χ3n) is 4.95. The summed E-state index contributed by atoms with van der Waals surface area (Å²) in [7, 11) is 0. The molecule has 0 saturated heterocycles. The topological polar surface area (TPSA) is 107 Å². The largest absolute Gasteiger partial charge is 1.00 e. The molecule has 34 heavy (non-hydrogen) atoms. The van der Waals surface area contributed by atoms with Crippen LogP contribution in [0.5, 0.6) is 0 Å². The first-order valence-electron chi connectivity index (χ1n) is 9.98. The van der Waals surface area contributed by atoms with Gasteiger partial charge in [-0.2, -0.15) is 0 Å². The molecule has 0 radical (unpaired) electrons. The van der Waals surface area contributed by atoms with Crippen molar-refractivity contribution in [3.8, 4) is 11.5 Å². The second-order valence-electron chi connectivity index (χ2n) is 7.49. The normalized spacial score (nSPS) is 11.5. The summed E-state index contributed by atoms with van der Waals surface area (Å²) in [4.78, 5) is 28.0. The number of urea groups is 1. The first-order valence-corrected chi connectivity index (χ1v) is 9.98. The molecule has 0 aliphatic carbocycles. The van der Waals surface area contributed by atoms with Crippen LogP contribution in [0, 0.1) is 18.6 Å². The molecule has 2 amide bonds. The summed E-state index contributed by atoms with van der Waals surface area (Å²) in [6, 6.07) is 12.3. The van der Waals surface area contributed by atoms with Gasteiger partial charge in [-0.15, -0.1) is 0 Å². The molecule has 0 aliphatic heterocycles. The number of halogens is 2. The number of rotatable bonds is 6. The summed E-state index contributed by atoms with van der Waals surface area (Å²) in [5.74, 6) is -2.54. The van der Waals surface area contributed by atoms with Gasteiger partial charge in [0, 0.05) is 5.56 Å². The molecule has 0 saturated carbocycles. The minimum atomic E-state index is -1.53. The average molecular weight is 490 g/mol. The summed E-state index contributed by atoms with van der Waals surface area (Å²) in [5.41, 5.74) is 2.90. The molecule has 168 valence electrons. The summed E-state index contributed by atoms with van der Waals surface area (Å²) in [6.07, 6.45) is -0.130. The molecule has 0 fully saturated rings. The van der Waals surface area contributed by atoms with Crippen molar-refractivity contribution in [1.82, 2.24) is 10.3 Å². The number of fused-ring (bicyclic) bond motifs is 1. The Morgan fingerprint density at radius 3 is 2.47 bits per heavy atom. The third kappa shape index (κ3) is 6.27. The molecule has 0 unspecified atom stereocenters. The molecule has 4 aromatic rings. The van der Waals surface area contributed by atoms with Gasteiger partial charge in [0.1, 0.15) is 17.2 Å². The number of carbonyl (C=O) groups is 2. The molecule has 7 nitrogen and oxygen atoms in total. The smallest absolute Gasteiger partial charge is 0.548 e. The van der Waals surface area contributed by atoms with Crippen LogP contribution in [0.2, 0.25) is 0 Å². The van der Waals surface area contributed by atoms with Gasteiger partial charge >= 0.3 is 57.4 Å². The fraction of sp³-hybridized carbons (Fsp3) is 0.125. The molecule has 3 aromatic carbocycles. The van der Waals surface area contributed by atoms with Gasteiger partial charge in [0.2, 0.25) is 5.89 Å². The maximum absolute atomic E-state index is 14.6. The van der Waals surface area contributed by atoms with Gasteiger partial charge in [-0.3, -0.25) is 0 Å². The van der Waals surface area contributed by atoms with Gasteiger partial charge in [-0.25, -0.2) is 18.6 Å². The quantitative estimate of drug-likeness (QED) is 0.385. The van der Waals surface area contributed by atoms with Crippen LogP contribution in [0.1, 0.15) is 11.1 Å². The summed E-state index contributed by atoms with van der Waals surface area (Å²) in [6.45, 7) is 1.92. The van der Waals surface area contributed by atoms with Gasteiger partial charge in [-0.05, 0) is 66.9 Å². The number of amides is 2. The van der Waals surface area contributed by atoms with Crippen molar-refractivity contribution in [3.63, 3.8) is 0 Å². The van der Waals surface area contributed by atoms with E-state index < -0.39 is 29.7 Å². The van der Waals surface area contributed by atoms with Crippen LogP contribution in [-0.4, -0.2) is 23.0 Å². The fourth-order valence-electron chi connectivity index (χ4n) is 3.28. The van der Waals surface area contributed by atoms with E-state index >= 15 is 0 Å². The Labute approximate surface area is 236 Å². The van der Waals surface area contributed by atoms with E-state index in [0.29, 0.717) is 22.2 Å². The van der Waals surface area contributed by atoms with Crippen LogP contribution in [0.4, 0.5) is 19.3 Å². The number of carboxylic acids is 1. The van der Waals surface area contributed by atoms with Crippen molar-refractivity contribution < 1.29 is 79.3 Å². The van der Waals surface area contributed by atoms with E-state index in [9.17, 15) is 23.5 Å². The molecule has 2 N–H and O–H groups in total. The molecule has 1 atom stereocenters. The van der Waals surface area contributed by atoms with E-state index in [1.807, 2.05) is 19.1 Å². The van der Waals surface area contributed by atoms with E-state index in [-0.39, 0.29) is 69.4 Å². The SMILES string of the molecule is Cc1ccc2oc(-c3ccc(NC(=O)N[C@H](Cc4ccc(F)cc4)C(=O)[O-])c(F)c3)nc2c1.[K+]. The number of aryl methyl sites for hydroxylation is 1. The monoisotopic (exact) mass is 489 g/mol. The molecule has 1 heterocycles. The van der Waals surface area contributed by atoms with Gasteiger partial charge in [0.15, 0.2) is 5.58 Å². The van der Waals surface area contributed by atoms with Crippen molar-refractivity contribution in [2.75, 3.05) is 5.32 Å². The number of nitrogens with zero attached hydrogens (tertiary/aromatic N) is 1. The summed E-state index contributed by atoms with van der Waals surface area (Å²) in [5, 5.41) is 15.9. The number of hydrogen-bond acceptors (Lipinski definition) is 5. The Morgan fingerprint density at radius 2 is 1.79 bits per heavy atom. The minimum absolute atomic E-state index is 0. The first kappa shape index (κ1) is 26.0. The zero-order chi connectivity index (χ0) is 23.5. The molecule has 0 spiro atoms. The molecule has 10 heteroatoms. The van der Waals surface area contributed by atoms with Crippen molar-refractivity contribution >= 4 is 28.8 Å². The number of anilines is 1. The van der Waals surface area contributed by atoms with E-state index in [1.165, 1.54) is 36.4 Å². The zero-order valence-corrected chi connectivity index (χ0v) is 21.5. The van der Waals surface area contributed by atoms with Crippen LogP contribution in [0.3, 0.4) is 0 Å². The number of hydrogen-bond donors (Lipinski definition) is 2. The molecule has 1 aromatic heterocycles. The van der Waals surface area contributed by atoms with Gasteiger partial charge < -0.3 is 25.0 Å². The number of carboxylic acid groups (broad SMARTS) is 1. The average Bonchev–Trinajstić information content (AvgIpc) is 3.19. The van der Waals surface area contributed by atoms with Crippen molar-refractivity contribution in [2.24, 2.45) is 0 Å². The Balaban J connectivity index is 0.00000324. The van der Waals surface area contributed by atoms with E-state index in [0.717, 1.165) is 11.6 Å². The predicted molar refractivity (Wildman–Crippen MR) is 115 cm³/mol. The van der Waals surface area contributed by atoms with Gasteiger partial charge in [0.05, 0.1) is 17.7 Å². The Morgan fingerprint density at radius 1 is 1.06 bits per heavy atom. The van der Waals surface area contributed by atoms with E-state index in [2.05, 4.69) is 15.6 Å².